The second-order valence-electron chi connectivity index (χ2n) is 3.12. The molecule has 0 radical (unpaired) electrons. The lowest BCUT2D eigenvalue weighted by Gasteiger charge is -2.07. The Morgan fingerprint density at radius 3 is 2.64 bits per heavy atom. The van der Waals surface area contributed by atoms with Crippen molar-refractivity contribution in [2.24, 2.45) is 0 Å². The Labute approximate surface area is 82.6 Å². The van der Waals surface area contributed by atoms with Crippen molar-refractivity contribution < 1.29 is 4.79 Å². The number of hydrogen-bond acceptors (Lipinski definition) is 2. The number of aldehydes is 1. The quantitative estimate of drug-likeness (QED) is 0.729. The van der Waals surface area contributed by atoms with E-state index in [0.717, 1.165) is 28.3 Å². The SMILES string of the molecule is CNc1ccc2ccccc2c1C=O. The molecule has 1 N–H and O–H groups in total. The highest BCUT2D eigenvalue weighted by molar-refractivity contribution is 6.03. The lowest BCUT2D eigenvalue weighted by molar-refractivity contribution is 0.112. The Morgan fingerprint density at radius 1 is 1.14 bits per heavy atom. The van der Waals surface area contributed by atoms with E-state index in [1.54, 1.807) is 0 Å². The third-order valence-corrected chi connectivity index (χ3v) is 2.36. The van der Waals surface area contributed by atoms with Crippen LogP contribution in [0.15, 0.2) is 36.4 Å². The molecule has 2 nitrogen and oxygen atoms in total. The van der Waals surface area contributed by atoms with Crippen LogP contribution in [0.2, 0.25) is 0 Å². The van der Waals surface area contributed by atoms with Gasteiger partial charge in [0.2, 0.25) is 0 Å². The Bertz CT molecular complexity index is 477. The largest absolute Gasteiger partial charge is 0.388 e. The average Bonchev–Trinajstić information content (AvgIpc) is 2.27. The van der Waals surface area contributed by atoms with Crippen LogP contribution in [-0.4, -0.2) is 13.3 Å². The van der Waals surface area contributed by atoms with Gasteiger partial charge in [-0.2, -0.15) is 0 Å². The van der Waals surface area contributed by atoms with E-state index in [0.29, 0.717) is 0 Å². The number of rotatable bonds is 2. The van der Waals surface area contributed by atoms with Gasteiger partial charge < -0.3 is 5.32 Å². The van der Waals surface area contributed by atoms with Crippen molar-refractivity contribution in [2.75, 3.05) is 12.4 Å². The molecule has 14 heavy (non-hydrogen) atoms. The van der Waals surface area contributed by atoms with E-state index in [1.165, 1.54) is 0 Å². The van der Waals surface area contributed by atoms with Crippen LogP contribution in [-0.2, 0) is 0 Å². The van der Waals surface area contributed by atoms with E-state index in [4.69, 9.17) is 0 Å². The van der Waals surface area contributed by atoms with Gasteiger partial charge in [0.05, 0.1) is 0 Å². The van der Waals surface area contributed by atoms with Crippen molar-refractivity contribution in [1.82, 2.24) is 0 Å². The number of hydrogen-bond donors (Lipinski definition) is 1. The highest BCUT2D eigenvalue weighted by Gasteiger charge is 2.04. The van der Waals surface area contributed by atoms with E-state index < -0.39 is 0 Å². The standard InChI is InChI=1S/C12H11NO/c1-13-12-7-6-9-4-2-3-5-10(9)11(12)8-14/h2-8,13H,1H3. The van der Waals surface area contributed by atoms with Crippen molar-refractivity contribution in [1.29, 1.82) is 0 Å². The molecule has 0 saturated heterocycles. The van der Waals surface area contributed by atoms with Crippen LogP contribution in [0.1, 0.15) is 10.4 Å². The predicted molar refractivity (Wildman–Crippen MR) is 58.9 cm³/mol. The first-order valence-electron chi connectivity index (χ1n) is 4.51. The summed E-state index contributed by atoms with van der Waals surface area (Å²) in [5.74, 6) is 0. The maximum absolute atomic E-state index is 11.0. The van der Waals surface area contributed by atoms with Crippen molar-refractivity contribution in [3.8, 4) is 0 Å². The molecule has 2 aromatic rings. The Morgan fingerprint density at radius 2 is 1.93 bits per heavy atom. The highest BCUT2D eigenvalue weighted by Crippen LogP contribution is 2.23. The number of nitrogens with one attached hydrogen (secondary N) is 1. The third kappa shape index (κ3) is 1.25. The Kier molecular flexibility index (Phi) is 2.19. The zero-order valence-corrected chi connectivity index (χ0v) is 7.95. The summed E-state index contributed by atoms with van der Waals surface area (Å²) >= 11 is 0. The topological polar surface area (TPSA) is 29.1 Å². The second-order valence-corrected chi connectivity index (χ2v) is 3.12. The van der Waals surface area contributed by atoms with Crippen molar-refractivity contribution >= 4 is 22.7 Å². The molecular formula is C12H11NO. The van der Waals surface area contributed by atoms with E-state index in [1.807, 2.05) is 43.4 Å². The summed E-state index contributed by atoms with van der Waals surface area (Å²) in [6.07, 6.45) is 0.897. The summed E-state index contributed by atoms with van der Waals surface area (Å²) < 4.78 is 0. The zero-order valence-electron chi connectivity index (χ0n) is 7.95. The summed E-state index contributed by atoms with van der Waals surface area (Å²) in [5.41, 5.74) is 1.60. The average molecular weight is 185 g/mol. The molecule has 0 aliphatic heterocycles. The minimum Gasteiger partial charge on any atom is -0.388 e. The van der Waals surface area contributed by atoms with Crippen LogP contribution in [0.4, 0.5) is 5.69 Å². The van der Waals surface area contributed by atoms with Crippen LogP contribution >= 0.6 is 0 Å². The van der Waals surface area contributed by atoms with Crippen molar-refractivity contribution in [3.63, 3.8) is 0 Å². The van der Waals surface area contributed by atoms with Gasteiger partial charge in [0, 0.05) is 18.3 Å². The molecule has 0 aliphatic carbocycles. The van der Waals surface area contributed by atoms with Gasteiger partial charge in [-0.25, -0.2) is 0 Å². The maximum Gasteiger partial charge on any atom is 0.152 e. The fourth-order valence-corrected chi connectivity index (χ4v) is 1.64. The van der Waals surface area contributed by atoms with Gasteiger partial charge in [-0.15, -0.1) is 0 Å². The normalized spacial score (nSPS) is 10.1. The van der Waals surface area contributed by atoms with Crippen LogP contribution in [0.25, 0.3) is 10.8 Å². The van der Waals surface area contributed by atoms with Crippen LogP contribution in [0.5, 0.6) is 0 Å². The van der Waals surface area contributed by atoms with Crippen molar-refractivity contribution in [3.05, 3.63) is 42.0 Å². The smallest absolute Gasteiger partial charge is 0.152 e. The molecule has 0 unspecified atom stereocenters. The number of benzene rings is 2. The van der Waals surface area contributed by atoms with Gasteiger partial charge >= 0.3 is 0 Å². The van der Waals surface area contributed by atoms with Gasteiger partial charge in [-0.05, 0) is 16.8 Å². The van der Waals surface area contributed by atoms with Crippen LogP contribution in [0.3, 0.4) is 0 Å². The lowest BCUT2D eigenvalue weighted by atomic mass is 10.0. The van der Waals surface area contributed by atoms with Gasteiger partial charge in [-0.1, -0.05) is 30.3 Å². The van der Waals surface area contributed by atoms with E-state index >= 15 is 0 Å². The fraction of sp³-hybridized carbons (Fsp3) is 0.0833. The summed E-state index contributed by atoms with van der Waals surface area (Å²) in [6, 6.07) is 11.8. The number of carbonyl (C=O) groups excluding carboxylic acids is 1. The minimum absolute atomic E-state index is 0.727. The molecule has 0 heterocycles. The zero-order chi connectivity index (χ0) is 9.97. The van der Waals surface area contributed by atoms with Gasteiger partial charge in [0.1, 0.15) is 0 Å². The number of carbonyl (C=O) groups is 1. The Balaban J connectivity index is 2.83. The first-order valence-corrected chi connectivity index (χ1v) is 4.51. The summed E-state index contributed by atoms with van der Waals surface area (Å²) in [7, 11) is 1.82. The molecule has 0 spiro atoms. The van der Waals surface area contributed by atoms with Gasteiger partial charge in [0.25, 0.3) is 0 Å². The molecule has 0 fully saturated rings. The van der Waals surface area contributed by atoms with Crippen LogP contribution < -0.4 is 5.32 Å². The molecule has 0 bridgehead atoms. The molecule has 0 atom stereocenters. The monoisotopic (exact) mass is 185 g/mol. The third-order valence-electron chi connectivity index (χ3n) is 2.36. The summed E-state index contributed by atoms with van der Waals surface area (Å²) in [4.78, 5) is 11.0. The predicted octanol–water partition coefficient (Wildman–Crippen LogP) is 2.69. The highest BCUT2D eigenvalue weighted by atomic mass is 16.1. The van der Waals surface area contributed by atoms with Crippen LogP contribution in [0, 0.1) is 0 Å². The molecule has 0 saturated carbocycles. The van der Waals surface area contributed by atoms with Gasteiger partial charge in [0.15, 0.2) is 6.29 Å². The first kappa shape index (κ1) is 8.75. The van der Waals surface area contributed by atoms with E-state index in [-0.39, 0.29) is 0 Å². The molecule has 0 amide bonds. The molecule has 2 rings (SSSR count). The number of anilines is 1. The number of fused-ring (bicyclic) bond motifs is 1. The van der Waals surface area contributed by atoms with E-state index in [9.17, 15) is 4.79 Å². The second kappa shape index (κ2) is 3.50. The summed E-state index contributed by atoms with van der Waals surface area (Å²) in [6.45, 7) is 0. The molecule has 2 aromatic carbocycles. The molecule has 0 aromatic heterocycles. The van der Waals surface area contributed by atoms with Gasteiger partial charge in [-0.3, -0.25) is 4.79 Å². The van der Waals surface area contributed by atoms with E-state index in [2.05, 4.69) is 5.32 Å². The first-order chi connectivity index (χ1) is 6.86. The maximum atomic E-state index is 11.0. The fourth-order valence-electron chi connectivity index (χ4n) is 1.64. The minimum atomic E-state index is 0.727. The molecule has 0 aliphatic rings. The molecule has 70 valence electrons. The summed E-state index contributed by atoms with van der Waals surface area (Å²) in [5, 5.41) is 5.09. The molecule has 2 heteroatoms. The molecular weight excluding hydrogens is 174 g/mol. The van der Waals surface area contributed by atoms with Crippen molar-refractivity contribution in [2.45, 2.75) is 0 Å². The lowest BCUT2D eigenvalue weighted by Crippen LogP contribution is -1.94. The Hall–Kier alpha value is -1.83.